The second-order valence-corrected chi connectivity index (χ2v) is 3.56. The molecule has 0 bridgehead atoms. The average molecular weight is 192 g/mol. The van der Waals surface area contributed by atoms with E-state index in [0.29, 0.717) is 12.3 Å². The molecule has 0 aromatic heterocycles. The quantitative estimate of drug-likeness (QED) is 0.681. The molecule has 1 amide bonds. The largest absolute Gasteiger partial charge is 0.345 e. The number of hydrogen-bond donors (Lipinski definition) is 1. The van der Waals surface area contributed by atoms with Crippen LogP contribution in [0, 0.1) is 5.92 Å². The second-order valence-electron chi connectivity index (χ2n) is 3.19. The van der Waals surface area contributed by atoms with E-state index in [2.05, 4.69) is 5.32 Å². The second kappa shape index (κ2) is 5.14. The third-order valence-corrected chi connectivity index (χ3v) is 1.64. The maximum Gasteiger partial charge on any atom is 0.243 e. The average Bonchev–Trinajstić information content (AvgIpc) is 1.84. The van der Waals surface area contributed by atoms with Crippen LogP contribution in [0.3, 0.4) is 0 Å². The highest BCUT2D eigenvalue weighted by Crippen LogP contribution is 1.99. The van der Waals surface area contributed by atoms with Crippen LogP contribution in [0.15, 0.2) is 0 Å². The van der Waals surface area contributed by atoms with E-state index in [0.717, 1.165) is 0 Å². The van der Waals surface area contributed by atoms with Crippen LogP contribution in [-0.4, -0.2) is 17.2 Å². The molecule has 0 aliphatic rings. The maximum atomic E-state index is 11.0. The lowest BCUT2D eigenvalue weighted by atomic mass is 10.1. The van der Waals surface area contributed by atoms with Crippen molar-refractivity contribution in [3.63, 3.8) is 0 Å². The molecule has 1 atom stereocenters. The highest BCUT2D eigenvalue weighted by molar-refractivity contribution is 6.64. The van der Waals surface area contributed by atoms with Crippen LogP contribution in [0.1, 0.15) is 27.2 Å². The van der Waals surface area contributed by atoms with Crippen LogP contribution in [-0.2, 0) is 9.59 Å². The Morgan fingerprint density at radius 1 is 1.33 bits per heavy atom. The Hall–Kier alpha value is -0.570. The first-order valence-electron chi connectivity index (χ1n) is 3.92. The van der Waals surface area contributed by atoms with E-state index in [9.17, 15) is 9.59 Å². The van der Waals surface area contributed by atoms with Gasteiger partial charge in [0.2, 0.25) is 11.1 Å². The van der Waals surface area contributed by atoms with Crippen molar-refractivity contribution in [1.82, 2.24) is 5.32 Å². The Kier molecular flexibility index (Phi) is 4.90. The highest BCUT2D eigenvalue weighted by Gasteiger charge is 2.13. The van der Waals surface area contributed by atoms with E-state index in [1.54, 1.807) is 6.92 Å². The van der Waals surface area contributed by atoms with Gasteiger partial charge in [-0.15, -0.1) is 0 Å². The number of amides is 1. The van der Waals surface area contributed by atoms with Gasteiger partial charge < -0.3 is 5.32 Å². The van der Waals surface area contributed by atoms with Crippen molar-refractivity contribution in [2.75, 3.05) is 0 Å². The summed E-state index contributed by atoms with van der Waals surface area (Å²) in [7, 11) is 0. The molecule has 12 heavy (non-hydrogen) atoms. The van der Waals surface area contributed by atoms with Gasteiger partial charge in [-0.3, -0.25) is 9.59 Å². The molecule has 0 aromatic carbocycles. The first-order valence-corrected chi connectivity index (χ1v) is 4.30. The molecule has 3 nitrogen and oxygen atoms in total. The Labute approximate surface area is 77.5 Å². The van der Waals surface area contributed by atoms with E-state index in [1.807, 2.05) is 13.8 Å². The monoisotopic (exact) mass is 191 g/mol. The zero-order valence-corrected chi connectivity index (χ0v) is 8.31. The SMILES string of the molecule is CC(C)CC(=O)NC(C)C(=O)Cl. The number of carbonyl (C=O) groups is 2. The van der Waals surface area contributed by atoms with E-state index < -0.39 is 11.3 Å². The van der Waals surface area contributed by atoms with Crippen molar-refractivity contribution in [1.29, 1.82) is 0 Å². The molecule has 4 heteroatoms. The first kappa shape index (κ1) is 11.4. The summed E-state index contributed by atoms with van der Waals surface area (Å²) in [5.41, 5.74) is 0. The van der Waals surface area contributed by atoms with Crippen molar-refractivity contribution in [2.24, 2.45) is 5.92 Å². The molecular formula is C8H14ClNO2. The third kappa shape index (κ3) is 5.13. The molecule has 0 aromatic rings. The molecule has 0 saturated carbocycles. The van der Waals surface area contributed by atoms with Crippen LogP contribution in [0.4, 0.5) is 0 Å². The van der Waals surface area contributed by atoms with Gasteiger partial charge in [-0.2, -0.15) is 0 Å². The Bertz CT molecular complexity index is 180. The molecule has 70 valence electrons. The lowest BCUT2D eigenvalue weighted by Crippen LogP contribution is -2.36. The topological polar surface area (TPSA) is 46.2 Å². The van der Waals surface area contributed by atoms with Gasteiger partial charge >= 0.3 is 0 Å². The van der Waals surface area contributed by atoms with Crippen molar-refractivity contribution in [3.05, 3.63) is 0 Å². The summed E-state index contributed by atoms with van der Waals surface area (Å²) < 4.78 is 0. The molecule has 0 heterocycles. The molecule has 0 rings (SSSR count). The molecule has 1 unspecified atom stereocenters. The summed E-state index contributed by atoms with van der Waals surface area (Å²) in [6, 6.07) is -0.585. The lowest BCUT2D eigenvalue weighted by Gasteiger charge is -2.10. The summed E-state index contributed by atoms with van der Waals surface area (Å²) in [6.45, 7) is 5.44. The van der Waals surface area contributed by atoms with E-state index >= 15 is 0 Å². The van der Waals surface area contributed by atoms with Gasteiger partial charge in [0.15, 0.2) is 0 Å². The van der Waals surface area contributed by atoms with Gasteiger partial charge in [0, 0.05) is 6.42 Å². The third-order valence-electron chi connectivity index (χ3n) is 1.31. The Morgan fingerprint density at radius 3 is 2.17 bits per heavy atom. The summed E-state index contributed by atoms with van der Waals surface area (Å²) in [6.07, 6.45) is 0.425. The summed E-state index contributed by atoms with van der Waals surface area (Å²) >= 11 is 5.16. The van der Waals surface area contributed by atoms with Gasteiger partial charge in [-0.1, -0.05) is 13.8 Å². The van der Waals surface area contributed by atoms with Crippen LogP contribution < -0.4 is 5.32 Å². The van der Waals surface area contributed by atoms with Gasteiger partial charge in [0.05, 0.1) is 0 Å². The van der Waals surface area contributed by atoms with Crippen molar-refractivity contribution < 1.29 is 9.59 Å². The van der Waals surface area contributed by atoms with Gasteiger partial charge in [-0.25, -0.2) is 0 Å². The van der Waals surface area contributed by atoms with Crippen LogP contribution in [0.2, 0.25) is 0 Å². The van der Waals surface area contributed by atoms with E-state index in [-0.39, 0.29) is 5.91 Å². The molecule has 0 aliphatic heterocycles. The zero-order chi connectivity index (χ0) is 9.72. The van der Waals surface area contributed by atoms with Crippen LogP contribution in [0.25, 0.3) is 0 Å². The smallest absolute Gasteiger partial charge is 0.243 e. The predicted octanol–water partition coefficient (Wildman–Crippen LogP) is 1.30. The zero-order valence-electron chi connectivity index (χ0n) is 7.56. The van der Waals surface area contributed by atoms with Crippen molar-refractivity contribution in [2.45, 2.75) is 33.2 Å². The highest BCUT2D eigenvalue weighted by atomic mass is 35.5. The Balaban J connectivity index is 3.77. The first-order chi connectivity index (χ1) is 5.43. The van der Waals surface area contributed by atoms with Crippen molar-refractivity contribution >= 4 is 22.8 Å². The molecule has 0 aliphatic carbocycles. The predicted molar refractivity (Wildman–Crippen MR) is 47.9 cm³/mol. The number of rotatable bonds is 4. The lowest BCUT2D eigenvalue weighted by molar-refractivity contribution is -0.125. The van der Waals surface area contributed by atoms with Gasteiger partial charge in [-0.05, 0) is 24.4 Å². The molecule has 0 radical (unpaired) electrons. The standard InChI is InChI=1S/C8H14ClNO2/c1-5(2)4-7(11)10-6(3)8(9)12/h5-6H,4H2,1-3H3,(H,10,11). The number of nitrogens with one attached hydrogen (secondary N) is 1. The molecule has 0 fully saturated rings. The van der Waals surface area contributed by atoms with E-state index in [1.165, 1.54) is 0 Å². The van der Waals surface area contributed by atoms with E-state index in [4.69, 9.17) is 11.6 Å². The molecule has 0 saturated heterocycles. The molecule has 0 spiro atoms. The minimum absolute atomic E-state index is 0.133. The maximum absolute atomic E-state index is 11.0. The summed E-state index contributed by atoms with van der Waals surface area (Å²) in [4.78, 5) is 21.6. The fraction of sp³-hybridized carbons (Fsp3) is 0.750. The van der Waals surface area contributed by atoms with Gasteiger partial charge in [0.25, 0.3) is 0 Å². The minimum atomic E-state index is -0.585. The number of halogens is 1. The van der Waals surface area contributed by atoms with Crippen LogP contribution in [0.5, 0.6) is 0 Å². The molecule has 1 N–H and O–H groups in total. The van der Waals surface area contributed by atoms with Crippen molar-refractivity contribution in [3.8, 4) is 0 Å². The fourth-order valence-corrected chi connectivity index (χ4v) is 0.782. The number of hydrogen-bond acceptors (Lipinski definition) is 2. The summed E-state index contributed by atoms with van der Waals surface area (Å²) in [5.74, 6) is 0.161. The van der Waals surface area contributed by atoms with Crippen LogP contribution >= 0.6 is 11.6 Å². The fourth-order valence-electron chi connectivity index (χ4n) is 0.728. The Morgan fingerprint density at radius 2 is 1.83 bits per heavy atom. The minimum Gasteiger partial charge on any atom is -0.345 e. The summed E-state index contributed by atoms with van der Waals surface area (Å²) in [5, 5.41) is 1.96. The molecular weight excluding hydrogens is 178 g/mol. The normalized spacial score (nSPS) is 12.8. The van der Waals surface area contributed by atoms with Gasteiger partial charge in [0.1, 0.15) is 6.04 Å². The number of carbonyl (C=O) groups excluding carboxylic acids is 2.